The van der Waals surface area contributed by atoms with E-state index in [0.29, 0.717) is 0 Å². The van der Waals surface area contributed by atoms with Gasteiger partial charge in [-0.05, 0) is 70.3 Å². The number of nitrogens with zero attached hydrogens (tertiary/aromatic N) is 2. The van der Waals surface area contributed by atoms with Crippen molar-refractivity contribution in [3.8, 4) is 5.69 Å². The molecule has 0 spiro atoms. The van der Waals surface area contributed by atoms with Crippen LogP contribution < -0.4 is 0 Å². The van der Waals surface area contributed by atoms with Gasteiger partial charge in [-0.25, -0.2) is 4.68 Å². The molecule has 0 aliphatic carbocycles. The van der Waals surface area contributed by atoms with Crippen molar-refractivity contribution in [2.45, 2.75) is 26.9 Å². The number of aliphatic hydroxyl groups is 1. The Morgan fingerprint density at radius 1 is 1.28 bits per heavy atom. The zero-order valence-corrected chi connectivity index (χ0v) is 13.6. The van der Waals surface area contributed by atoms with Gasteiger partial charge in [-0.1, -0.05) is 6.07 Å². The summed E-state index contributed by atoms with van der Waals surface area (Å²) in [6.07, 6.45) is -0.470. The summed E-state index contributed by atoms with van der Waals surface area (Å²) in [6, 6.07) is 5.79. The molecule has 1 aromatic carbocycles. The van der Waals surface area contributed by atoms with Gasteiger partial charge in [0.2, 0.25) is 0 Å². The van der Waals surface area contributed by atoms with E-state index >= 15 is 0 Å². The third-order valence-electron chi connectivity index (χ3n) is 2.89. The largest absolute Gasteiger partial charge is 0.389 e. The van der Waals surface area contributed by atoms with Gasteiger partial charge >= 0.3 is 0 Å². The second-order valence-electron chi connectivity index (χ2n) is 4.28. The van der Waals surface area contributed by atoms with Gasteiger partial charge in [0.15, 0.2) is 0 Å². The predicted octanol–water partition coefficient (Wildman–Crippen LogP) is 4.07. The molecule has 0 aliphatic heterocycles. The molecule has 1 N–H and O–H groups in total. The summed E-state index contributed by atoms with van der Waals surface area (Å²) >= 11 is 7.05. The van der Waals surface area contributed by atoms with Gasteiger partial charge in [-0.2, -0.15) is 5.10 Å². The minimum absolute atomic E-state index is 0.470. The molecule has 0 bridgehead atoms. The molecule has 5 heteroatoms. The third kappa shape index (κ3) is 2.39. The van der Waals surface area contributed by atoms with Crippen LogP contribution in [0.1, 0.15) is 30.0 Å². The third-order valence-corrected chi connectivity index (χ3v) is 4.67. The van der Waals surface area contributed by atoms with E-state index in [1.54, 1.807) is 6.92 Å². The van der Waals surface area contributed by atoms with E-state index in [9.17, 15) is 5.11 Å². The van der Waals surface area contributed by atoms with E-state index in [1.165, 1.54) is 0 Å². The van der Waals surface area contributed by atoms with Gasteiger partial charge in [-0.15, -0.1) is 0 Å². The normalized spacial score (nSPS) is 12.8. The Balaban J connectivity index is 2.54. The van der Waals surface area contributed by atoms with Gasteiger partial charge in [0.25, 0.3) is 0 Å². The lowest BCUT2D eigenvalue weighted by Gasteiger charge is -2.10. The van der Waals surface area contributed by atoms with Crippen LogP contribution in [0, 0.1) is 13.8 Å². The van der Waals surface area contributed by atoms with E-state index in [4.69, 9.17) is 0 Å². The summed E-state index contributed by atoms with van der Waals surface area (Å²) in [4.78, 5) is 0. The highest BCUT2D eigenvalue weighted by Gasteiger charge is 2.13. The molecule has 0 aliphatic rings. The minimum atomic E-state index is -0.470. The molecule has 0 fully saturated rings. The maximum atomic E-state index is 9.56. The zero-order chi connectivity index (χ0) is 13.4. The van der Waals surface area contributed by atoms with Crippen LogP contribution >= 0.6 is 31.9 Å². The van der Waals surface area contributed by atoms with Crippen LogP contribution in [-0.2, 0) is 0 Å². The molecule has 0 radical (unpaired) electrons. The summed E-state index contributed by atoms with van der Waals surface area (Å²) in [7, 11) is 0. The number of aliphatic hydroxyl groups excluding tert-OH is 1. The standard InChI is InChI=1S/C13H14Br2N2O/c1-7-13(15)8(2)17(16-7)12-5-4-10(9(3)18)6-11(12)14/h4-6,9,18H,1-3H3. The van der Waals surface area contributed by atoms with Crippen molar-refractivity contribution in [2.24, 2.45) is 0 Å². The van der Waals surface area contributed by atoms with E-state index in [2.05, 4.69) is 37.0 Å². The smallest absolute Gasteiger partial charge is 0.0791 e. The molecule has 1 aromatic heterocycles. The van der Waals surface area contributed by atoms with Crippen molar-refractivity contribution in [1.82, 2.24) is 9.78 Å². The van der Waals surface area contributed by atoms with Crippen molar-refractivity contribution in [3.05, 3.63) is 44.1 Å². The average Bonchev–Trinajstić information content (AvgIpc) is 2.57. The topological polar surface area (TPSA) is 38.0 Å². The highest BCUT2D eigenvalue weighted by molar-refractivity contribution is 9.11. The molecule has 0 amide bonds. The molecule has 1 unspecified atom stereocenters. The Kier molecular flexibility index (Phi) is 3.94. The van der Waals surface area contributed by atoms with E-state index in [0.717, 1.165) is 31.6 Å². The molecule has 1 atom stereocenters. The van der Waals surface area contributed by atoms with Gasteiger partial charge in [0.05, 0.1) is 27.7 Å². The van der Waals surface area contributed by atoms with Gasteiger partial charge in [0.1, 0.15) is 0 Å². The molecule has 18 heavy (non-hydrogen) atoms. The van der Waals surface area contributed by atoms with Crippen molar-refractivity contribution in [2.75, 3.05) is 0 Å². The molecular weight excluding hydrogens is 360 g/mol. The van der Waals surface area contributed by atoms with Crippen LogP contribution in [0.3, 0.4) is 0 Å². The maximum Gasteiger partial charge on any atom is 0.0791 e. The zero-order valence-electron chi connectivity index (χ0n) is 10.4. The fourth-order valence-corrected chi connectivity index (χ4v) is 2.62. The van der Waals surface area contributed by atoms with Gasteiger partial charge in [0, 0.05) is 4.47 Å². The van der Waals surface area contributed by atoms with E-state index < -0.39 is 6.10 Å². The molecule has 2 aromatic rings. The summed E-state index contributed by atoms with van der Waals surface area (Å²) < 4.78 is 3.82. The second kappa shape index (κ2) is 5.15. The van der Waals surface area contributed by atoms with Crippen LogP contribution in [0.4, 0.5) is 0 Å². The molecule has 0 saturated heterocycles. The summed E-state index contributed by atoms with van der Waals surface area (Å²) in [5.41, 5.74) is 3.86. The highest BCUT2D eigenvalue weighted by Crippen LogP contribution is 2.29. The Morgan fingerprint density at radius 2 is 1.94 bits per heavy atom. The van der Waals surface area contributed by atoms with Crippen LogP contribution in [0.2, 0.25) is 0 Å². The van der Waals surface area contributed by atoms with Crippen LogP contribution in [0.25, 0.3) is 5.69 Å². The molecule has 96 valence electrons. The summed E-state index contributed by atoms with van der Waals surface area (Å²) in [6.45, 7) is 5.73. The molecule has 3 nitrogen and oxygen atoms in total. The Morgan fingerprint density at radius 3 is 2.39 bits per heavy atom. The maximum absolute atomic E-state index is 9.56. The van der Waals surface area contributed by atoms with Crippen LogP contribution in [0.5, 0.6) is 0 Å². The number of hydrogen-bond acceptors (Lipinski definition) is 2. The number of aryl methyl sites for hydroxylation is 1. The first-order valence-electron chi connectivity index (χ1n) is 5.61. The van der Waals surface area contributed by atoms with Crippen molar-refractivity contribution in [1.29, 1.82) is 0 Å². The second-order valence-corrected chi connectivity index (χ2v) is 5.93. The SMILES string of the molecule is Cc1nn(-c2ccc(C(C)O)cc2Br)c(C)c1Br. The summed E-state index contributed by atoms with van der Waals surface area (Å²) in [5, 5.41) is 14.1. The highest BCUT2D eigenvalue weighted by atomic mass is 79.9. The quantitative estimate of drug-likeness (QED) is 0.861. The summed E-state index contributed by atoms with van der Waals surface area (Å²) in [5.74, 6) is 0. The number of rotatable bonds is 2. The van der Waals surface area contributed by atoms with Gasteiger partial charge < -0.3 is 5.11 Å². The monoisotopic (exact) mass is 372 g/mol. The lowest BCUT2D eigenvalue weighted by Crippen LogP contribution is -2.01. The first-order valence-corrected chi connectivity index (χ1v) is 7.20. The van der Waals surface area contributed by atoms with Crippen molar-refractivity contribution in [3.63, 3.8) is 0 Å². The molecular formula is C13H14Br2N2O. The fourth-order valence-electron chi connectivity index (χ4n) is 1.81. The number of hydrogen-bond donors (Lipinski definition) is 1. The molecule has 1 heterocycles. The first-order chi connectivity index (χ1) is 8.41. The lowest BCUT2D eigenvalue weighted by atomic mass is 10.1. The number of benzene rings is 1. The average molecular weight is 374 g/mol. The van der Waals surface area contributed by atoms with E-state index in [1.807, 2.05) is 36.7 Å². The predicted molar refractivity (Wildman–Crippen MR) is 79.1 cm³/mol. The Bertz CT molecular complexity index is 591. The van der Waals surface area contributed by atoms with Crippen LogP contribution in [-0.4, -0.2) is 14.9 Å². The van der Waals surface area contributed by atoms with Gasteiger partial charge in [-0.3, -0.25) is 0 Å². The minimum Gasteiger partial charge on any atom is -0.389 e. The van der Waals surface area contributed by atoms with Crippen LogP contribution in [0.15, 0.2) is 27.1 Å². The molecule has 0 saturated carbocycles. The van der Waals surface area contributed by atoms with E-state index in [-0.39, 0.29) is 0 Å². The van der Waals surface area contributed by atoms with Crippen molar-refractivity contribution < 1.29 is 5.11 Å². The Hall–Kier alpha value is -0.650. The number of halogens is 2. The first kappa shape index (κ1) is 13.8. The molecule has 2 rings (SSSR count). The number of aromatic nitrogens is 2. The fraction of sp³-hybridized carbons (Fsp3) is 0.308. The Labute approximate surface area is 123 Å². The lowest BCUT2D eigenvalue weighted by molar-refractivity contribution is 0.199. The van der Waals surface area contributed by atoms with Crippen molar-refractivity contribution >= 4 is 31.9 Å².